The number of benzene rings is 1. The van der Waals surface area contributed by atoms with Crippen molar-refractivity contribution in [1.29, 1.82) is 0 Å². The molecule has 1 fully saturated rings. The largest absolute Gasteiger partial charge is 0.339 e. The van der Waals surface area contributed by atoms with Gasteiger partial charge in [0.2, 0.25) is 5.91 Å². The summed E-state index contributed by atoms with van der Waals surface area (Å²) in [4.78, 5) is 30.6. The summed E-state index contributed by atoms with van der Waals surface area (Å²) in [5.74, 6) is -0.0500. The lowest BCUT2D eigenvalue weighted by molar-refractivity contribution is -0.115. The Morgan fingerprint density at radius 3 is 2.40 bits per heavy atom. The number of hydrogen-bond donors (Lipinski definition) is 1. The zero-order valence-corrected chi connectivity index (χ0v) is 14.5. The van der Waals surface area contributed by atoms with Crippen molar-refractivity contribution in [3.63, 3.8) is 0 Å². The molecule has 25 heavy (non-hydrogen) atoms. The van der Waals surface area contributed by atoms with E-state index < -0.39 is 0 Å². The smallest absolute Gasteiger partial charge is 0.253 e. The Labute approximate surface area is 148 Å². The standard InChI is InChI=1S/C20H23N3O2/c1-2-15-5-8-18(21-14-15)13-19(24)22-17-9-6-16(7-10-17)20(25)23-11-3-4-12-23/h5-10,14H,2-4,11-13H2,1H3,(H,22,24). The van der Waals surface area contributed by atoms with Crippen molar-refractivity contribution in [3.8, 4) is 0 Å². The summed E-state index contributed by atoms with van der Waals surface area (Å²) in [5, 5.41) is 2.85. The molecule has 0 aliphatic carbocycles. The van der Waals surface area contributed by atoms with E-state index in [-0.39, 0.29) is 18.2 Å². The van der Waals surface area contributed by atoms with Gasteiger partial charge in [0.15, 0.2) is 0 Å². The fraction of sp³-hybridized carbons (Fsp3) is 0.350. The van der Waals surface area contributed by atoms with Crippen LogP contribution in [0.4, 0.5) is 5.69 Å². The predicted octanol–water partition coefficient (Wildman–Crippen LogP) is 3.06. The zero-order chi connectivity index (χ0) is 17.6. The maximum absolute atomic E-state index is 12.3. The van der Waals surface area contributed by atoms with Gasteiger partial charge in [-0.2, -0.15) is 0 Å². The molecule has 5 nitrogen and oxygen atoms in total. The molecule has 1 N–H and O–H groups in total. The Kier molecular flexibility index (Phi) is 5.43. The fourth-order valence-electron chi connectivity index (χ4n) is 2.94. The number of hydrogen-bond acceptors (Lipinski definition) is 3. The SMILES string of the molecule is CCc1ccc(CC(=O)Nc2ccc(C(=O)N3CCCC3)cc2)nc1. The van der Waals surface area contributed by atoms with Gasteiger partial charge in [-0.05, 0) is 55.2 Å². The third-order valence-corrected chi connectivity index (χ3v) is 4.44. The Hall–Kier alpha value is -2.69. The first kappa shape index (κ1) is 17.1. The van der Waals surface area contributed by atoms with E-state index in [1.807, 2.05) is 17.0 Å². The lowest BCUT2D eigenvalue weighted by Gasteiger charge is -2.15. The van der Waals surface area contributed by atoms with Crippen molar-refractivity contribution in [2.75, 3.05) is 18.4 Å². The number of carbonyl (C=O) groups excluding carboxylic acids is 2. The first-order valence-electron chi connectivity index (χ1n) is 8.78. The third-order valence-electron chi connectivity index (χ3n) is 4.44. The Morgan fingerprint density at radius 1 is 1.08 bits per heavy atom. The van der Waals surface area contributed by atoms with Crippen molar-refractivity contribution in [2.24, 2.45) is 0 Å². The summed E-state index contributed by atoms with van der Waals surface area (Å²) < 4.78 is 0. The molecule has 3 rings (SSSR count). The highest BCUT2D eigenvalue weighted by molar-refractivity contribution is 5.96. The third kappa shape index (κ3) is 4.44. The molecule has 1 aromatic heterocycles. The molecule has 5 heteroatoms. The van der Waals surface area contributed by atoms with Gasteiger partial charge in [-0.3, -0.25) is 14.6 Å². The fourth-order valence-corrected chi connectivity index (χ4v) is 2.94. The van der Waals surface area contributed by atoms with Crippen LogP contribution in [0.25, 0.3) is 0 Å². The van der Waals surface area contributed by atoms with Gasteiger partial charge >= 0.3 is 0 Å². The minimum atomic E-state index is -0.115. The number of pyridine rings is 1. The molecule has 0 bridgehead atoms. The van der Waals surface area contributed by atoms with Gasteiger partial charge in [0.05, 0.1) is 6.42 Å². The lowest BCUT2D eigenvalue weighted by atomic mass is 10.1. The van der Waals surface area contributed by atoms with Crippen molar-refractivity contribution >= 4 is 17.5 Å². The molecular weight excluding hydrogens is 314 g/mol. The molecule has 1 aliphatic rings. The second-order valence-electron chi connectivity index (χ2n) is 6.31. The molecule has 2 amide bonds. The number of carbonyl (C=O) groups is 2. The summed E-state index contributed by atoms with van der Waals surface area (Å²) in [6.45, 7) is 3.74. The van der Waals surface area contributed by atoms with Crippen LogP contribution in [-0.2, 0) is 17.6 Å². The van der Waals surface area contributed by atoms with Gasteiger partial charge in [-0.25, -0.2) is 0 Å². The average Bonchev–Trinajstić information content (AvgIpc) is 3.17. The highest BCUT2D eigenvalue weighted by atomic mass is 16.2. The molecule has 2 heterocycles. The molecule has 0 radical (unpaired) electrons. The average molecular weight is 337 g/mol. The van der Waals surface area contributed by atoms with E-state index in [0.717, 1.165) is 43.6 Å². The summed E-state index contributed by atoms with van der Waals surface area (Å²) in [5.41, 5.74) is 3.25. The molecule has 1 saturated heterocycles. The second-order valence-corrected chi connectivity index (χ2v) is 6.31. The number of anilines is 1. The normalized spacial score (nSPS) is 13.7. The number of aromatic nitrogens is 1. The highest BCUT2D eigenvalue weighted by Gasteiger charge is 2.19. The van der Waals surface area contributed by atoms with Crippen LogP contribution < -0.4 is 5.32 Å². The van der Waals surface area contributed by atoms with Crippen LogP contribution in [0.1, 0.15) is 41.4 Å². The van der Waals surface area contributed by atoms with Gasteiger partial charge in [0.25, 0.3) is 5.91 Å². The van der Waals surface area contributed by atoms with E-state index in [0.29, 0.717) is 11.3 Å². The van der Waals surface area contributed by atoms with Crippen LogP contribution in [0.3, 0.4) is 0 Å². The van der Waals surface area contributed by atoms with E-state index in [4.69, 9.17) is 0 Å². The summed E-state index contributed by atoms with van der Waals surface area (Å²) >= 11 is 0. The lowest BCUT2D eigenvalue weighted by Crippen LogP contribution is -2.27. The van der Waals surface area contributed by atoms with Crippen molar-refractivity contribution in [1.82, 2.24) is 9.88 Å². The molecule has 0 saturated carbocycles. The molecule has 130 valence electrons. The first-order valence-corrected chi connectivity index (χ1v) is 8.78. The van der Waals surface area contributed by atoms with E-state index >= 15 is 0 Å². The van der Waals surface area contributed by atoms with E-state index in [9.17, 15) is 9.59 Å². The number of nitrogens with one attached hydrogen (secondary N) is 1. The van der Waals surface area contributed by atoms with Crippen molar-refractivity contribution in [3.05, 3.63) is 59.4 Å². The number of likely N-dealkylation sites (tertiary alicyclic amines) is 1. The second kappa shape index (κ2) is 7.92. The summed E-state index contributed by atoms with van der Waals surface area (Å²) in [6.07, 6.45) is 5.13. The minimum absolute atomic E-state index is 0.0654. The van der Waals surface area contributed by atoms with Gasteiger partial charge in [0.1, 0.15) is 0 Å². The van der Waals surface area contributed by atoms with E-state index in [2.05, 4.69) is 17.2 Å². The predicted molar refractivity (Wildman–Crippen MR) is 97.5 cm³/mol. The van der Waals surface area contributed by atoms with Crippen LogP contribution in [0.2, 0.25) is 0 Å². The highest BCUT2D eigenvalue weighted by Crippen LogP contribution is 2.15. The maximum atomic E-state index is 12.3. The summed E-state index contributed by atoms with van der Waals surface area (Å²) in [7, 11) is 0. The van der Waals surface area contributed by atoms with Gasteiger partial charge in [-0.15, -0.1) is 0 Å². The quantitative estimate of drug-likeness (QED) is 0.912. The Morgan fingerprint density at radius 2 is 1.80 bits per heavy atom. The molecule has 2 aromatic rings. The Balaban J connectivity index is 1.56. The van der Waals surface area contributed by atoms with Crippen LogP contribution in [0.15, 0.2) is 42.6 Å². The van der Waals surface area contributed by atoms with Gasteiger partial charge < -0.3 is 10.2 Å². The molecule has 1 aliphatic heterocycles. The maximum Gasteiger partial charge on any atom is 0.253 e. The number of rotatable bonds is 5. The van der Waals surface area contributed by atoms with Crippen molar-refractivity contribution < 1.29 is 9.59 Å². The molecular formula is C20H23N3O2. The first-order chi connectivity index (χ1) is 12.2. The topological polar surface area (TPSA) is 62.3 Å². The number of amides is 2. The number of nitrogens with zero attached hydrogens (tertiary/aromatic N) is 2. The van der Waals surface area contributed by atoms with Gasteiger partial charge in [-0.1, -0.05) is 13.0 Å². The Bertz CT molecular complexity index is 733. The van der Waals surface area contributed by atoms with E-state index in [1.165, 1.54) is 0 Å². The molecule has 0 spiro atoms. The number of aryl methyl sites for hydroxylation is 1. The van der Waals surface area contributed by atoms with Crippen molar-refractivity contribution in [2.45, 2.75) is 32.6 Å². The van der Waals surface area contributed by atoms with Gasteiger partial charge in [0, 0.05) is 36.2 Å². The van der Waals surface area contributed by atoms with Crippen LogP contribution in [-0.4, -0.2) is 34.8 Å². The minimum Gasteiger partial charge on any atom is -0.339 e. The molecule has 0 unspecified atom stereocenters. The molecule has 0 atom stereocenters. The molecule has 1 aromatic carbocycles. The zero-order valence-electron chi connectivity index (χ0n) is 14.5. The monoisotopic (exact) mass is 337 g/mol. The van der Waals surface area contributed by atoms with Crippen LogP contribution >= 0.6 is 0 Å². The van der Waals surface area contributed by atoms with E-state index in [1.54, 1.807) is 30.5 Å². The van der Waals surface area contributed by atoms with Crippen LogP contribution in [0, 0.1) is 0 Å². The van der Waals surface area contributed by atoms with Crippen LogP contribution in [0.5, 0.6) is 0 Å². The summed E-state index contributed by atoms with van der Waals surface area (Å²) in [6, 6.07) is 11.0.